The molecule has 0 saturated carbocycles. The molecule has 0 bridgehead atoms. The first kappa shape index (κ1) is 30.3. The number of pyridine rings is 2. The SMILES string of the molecule is CCN(c1cc(-c2ccc(N3CCOCC3)nc2)cc(C(=O)NCc2c3c(c(C)[nH]c2=O)COCC3)c1C)C1CCOCC1. The summed E-state index contributed by atoms with van der Waals surface area (Å²) in [5, 5.41) is 3.09. The average Bonchev–Trinajstić information content (AvgIpc) is 3.06. The van der Waals surface area contributed by atoms with E-state index in [9.17, 15) is 9.59 Å². The molecule has 1 aromatic carbocycles. The Kier molecular flexibility index (Phi) is 9.30. The molecule has 10 heteroatoms. The third-order valence-electron chi connectivity index (χ3n) is 9.25. The zero-order chi connectivity index (χ0) is 30.6. The average molecular weight is 602 g/mol. The smallest absolute Gasteiger partial charge is 0.253 e. The second-order valence-corrected chi connectivity index (χ2v) is 11.8. The summed E-state index contributed by atoms with van der Waals surface area (Å²) >= 11 is 0. The molecule has 0 spiro atoms. The molecule has 6 rings (SSSR count). The van der Waals surface area contributed by atoms with Crippen LogP contribution >= 0.6 is 0 Å². The quantitative estimate of drug-likeness (QED) is 0.400. The molecule has 2 saturated heterocycles. The predicted octanol–water partition coefficient (Wildman–Crippen LogP) is 3.90. The highest BCUT2D eigenvalue weighted by molar-refractivity contribution is 5.99. The summed E-state index contributed by atoms with van der Waals surface area (Å²) in [5.74, 6) is 0.726. The standard InChI is InChI=1S/C34H43N5O5/c1-4-39(26-7-12-42-13-8-26)31-18-25(24-5-6-32(35-19-24)38-10-15-43-16-11-38)17-28(22(31)2)33(40)36-20-29-27-9-14-44-21-30(27)23(3)37-34(29)41/h5-6,17-19,26H,4,7-16,20-21H2,1-3H3,(H,36,40)(H,37,41). The van der Waals surface area contributed by atoms with Crippen molar-refractivity contribution in [3.63, 3.8) is 0 Å². The van der Waals surface area contributed by atoms with Gasteiger partial charge in [-0.15, -0.1) is 0 Å². The van der Waals surface area contributed by atoms with Gasteiger partial charge < -0.3 is 34.3 Å². The Labute approximate surface area is 258 Å². The second kappa shape index (κ2) is 13.5. The number of anilines is 2. The van der Waals surface area contributed by atoms with Crippen LogP contribution in [0.3, 0.4) is 0 Å². The molecule has 234 valence electrons. The Morgan fingerprint density at radius 2 is 1.80 bits per heavy atom. The van der Waals surface area contributed by atoms with E-state index in [-0.39, 0.29) is 18.0 Å². The highest BCUT2D eigenvalue weighted by Crippen LogP contribution is 2.34. The highest BCUT2D eigenvalue weighted by Gasteiger charge is 2.26. The third kappa shape index (κ3) is 6.24. The summed E-state index contributed by atoms with van der Waals surface area (Å²) in [6.45, 7) is 12.6. The number of benzene rings is 1. The van der Waals surface area contributed by atoms with Gasteiger partial charge >= 0.3 is 0 Å². The number of rotatable bonds is 8. The van der Waals surface area contributed by atoms with Crippen LogP contribution in [-0.4, -0.2) is 74.6 Å². The monoisotopic (exact) mass is 601 g/mol. The lowest BCUT2D eigenvalue weighted by Gasteiger charge is -2.37. The van der Waals surface area contributed by atoms with Crippen LogP contribution in [0.25, 0.3) is 11.1 Å². The van der Waals surface area contributed by atoms with Gasteiger partial charge in [0.2, 0.25) is 0 Å². The van der Waals surface area contributed by atoms with Gasteiger partial charge in [-0.05, 0) is 81.0 Å². The molecule has 3 aromatic rings. The number of hydrogen-bond donors (Lipinski definition) is 2. The van der Waals surface area contributed by atoms with Crippen molar-refractivity contribution in [2.24, 2.45) is 0 Å². The van der Waals surface area contributed by atoms with Gasteiger partial charge in [-0.1, -0.05) is 0 Å². The minimum atomic E-state index is -0.202. The fourth-order valence-corrected chi connectivity index (χ4v) is 6.72. The van der Waals surface area contributed by atoms with Crippen molar-refractivity contribution in [3.8, 4) is 11.1 Å². The molecule has 0 radical (unpaired) electrons. The number of aromatic nitrogens is 2. The van der Waals surface area contributed by atoms with E-state index in [2.05, 4.69) is 39.2 Å². The molecular formula is C34H43N5O5. The van der Waals surface area contributed by atoms with E-state index in [1.54, 1.807) is 0 Å². The largest absolute Gasteiger partial charge is 0.381 e. The van der Waals surface area contributed by atoms with Crippen molar-refractivity contribution >= 4 is 17.4 Å². The van der Waals surface area contributed by atoms with Crippen molar-refractivity contribution in [2.45, 2.75) is 59.2 Å². The molecule has 2 fully saturated rings. The number of ether oxygens (including phenoxy) is 3. The number of amides is 1. The molecule has 0 atom stereocenters. The third-order valence-corrected chi connectivity index (χ3v) is 9.25. The molecule has 0 aliphatic carbocycles. The molecule has 10 nitrogen and oxygen atoms in total. The number of nitrogens with zero attached hydrogens (tertiary/aromatic N) is 3. The molecular weight excluding hydrogens is 558 g/mol. The Balaban J connectivity index is 1.34. The van der Waals surface area contributed by atoms with Crippen LogP contribution in [0.1, 0.15) is 58.1 Å². The number of fused-ring (bicyclic) bond motifs is 1. The van der Waals surface area contributed by atoms with E-state index >= 15 is 0 Å². The summed E-state index contributed by atoms with van der Waals surface area (Å²) in [5.41, 5.74) is 7.74. The normalized spacial score (nSPS) is 17.3. The van der Waals surface area contributed by atoms with Crippen LogP contribution in [0, 0.1) is 13.8 Å². The lowest BCUT2D eigenvalue weighted by Crippen LogP contribution is -2.40. The minimum absolute atomic E-state index is 0.155. The van der Waals surface area contributed by atoms with Gasteiger partial charge in [0.15, 0.2) is 0 Å². The fraction of sp³-hybridized carbons (Fsp3) is 0.500. The molecule has 3 aliphatic rings. The van der Waals surface area contributed by atoms with Gasteiger partial charge in [-0.3, -0.25) is 9.59 Å². The van der Waals surface area contributed by atoms with Gasteiger partial charge in [0.25, 0.3) is 11.5 Å². The zero-order valence-corrected chi connectivity index (χ0v) is 26.0. The number of aryl methyl sites for hydroxylation is 1. The van der Waals surface area contributed by atoms with Crippen molar-refractivity contribution in [2.75, 3.05) is 62.5 Å². The van der Waals surface area contributed by atoms with Crippen LogP contribution in [0.4, 0.5) is 11.5 Å². The minimum Gasteiger partial charge on any atom is -0.381 e. The topological polar surface area (TPSA) is 109 Å². The van der Waals surface area contributed by atoms with Crippen LogP contribution < -0.4 is 20.7 Å². The van der Waals surface area contributed by atoms with Crippen LogP contribution in [-0.2, 0) is 33.8 Å². The van der Waals surface area contributed by atoms with Crippen molar-refractivity contribution < 1.29 is 19.0 Å². The molecule has 3 aliphatic heterocycles. The molecule has 2 N–H and O–H groups in total. The number of morpholine rings is 1. The lowest BCUT2D eigenvalue weighted by molar-refractivity contribution is 0.0846. The van der Waals surface area contributed by atoms with Gasteiger partial charge in [-0.25, -0.2) is 4.98 Å². The highest BCUT2D eigenvalue weighted by atomic mass is 16.5. The van der Waals surface area contributed by atoms with Crippen LogP contribution in [0.5, 0.6) is 0 Å². The summed E-state index contributed by atoms with van der Waals surface area (Å²) < 4.78 is 16.8. The summed E-state index contributed by atoms with van der Waals surface area (Å²) in [6, 6.07) is 8.61. The van der Waals surface area contributed by atoms with Crippen LogP contribution in [0.2, 0.25) is 0 Å². The van der Waals surface area contributed by atoms with Gasteiger partial charge in [0.05, 0.1) is 26.4 Å². The molecule has 44 heavy (non-hydrogen) atoms. The Bertz CT molecular complexity index is 1540. The number of hydrogen-bond acceptors (Lipinski definition) is 8. The summed E-state index contributed by atoms with van der Waals surface area (Å²) in [6.07, 6.45) is 4.44. The lowest BCUT2D eigenvalue weighted by atomic mass is 9.95. The van der Waals surface area contributed by atoms with Gasteiger partial charge in [0, 0.05) is 85.3 Å². The molecule has 0 unspecified atom stereocenters. The number of nitrogens with one attached hydrogen (secondary N) is 2. The number of H-pyrrole nitrogens is 1. The van der Waals surface area contributed by atoms with Gasteiger partial charge in [0.1, 0.15) is 5.82 Å². The van der Waals surface area contributed by atoms with E-state index in [1.165, 1.54) is 0 Å². The van der Waals surface area contributed by atoms with E-state index in [4.69, 9.17) is 19.2 Å². The zero-order valence-electron chi connectivity index (χ0n) is 26.0. The number of carbonyl (C=O) groups excluding carboxylic acids is 1. The molecule has 1 amide bonds. The maximum absolute atomic E-state index is 13.9. The summed E-state index contributed by atoms with van der Waals surface area (Å²) in [7, 11) is 0. The number of aromatic amines is 1. The van der Waals surface area contributed by atoms with E-state index in [0.29, 0.717) is 50.0 Å². The first-order valence-electron chi connectivity index (χ1n) is 15.8. The van der Waals surface area contributed by atoms with E-state index in [1.807, 2.05) is 32.2 Å². The Morgan fingerprint density at radius 3 is 2.52 bits per heavy atom. The van der Waals surface area contributed by atoms with Crippen molar-refractivity contribution in [3.05, 3.63) is 74.3 Å². The first-order chi connectivity index (χ1) is 21.4. The van der Waals surface area contributed by atoms with Gasteiger partial charge in [-0.2, -0.15) is 0 Å². The Hall–Kier alpha value is -3.73. The van der Waals surface area contributed by atoms with Crippen molar-refractivity contribution in [1.82, 2.24) is 15.3 Å². The van der Waals surface area contributed by atoms with Crippen LogP contribution in [0.15, 0.2) is 35.3 Å². The fourth-order valence-electron chi connectivity index (χ4n) is 6.72. The second-order valence-electron chi connectivity index (χ2n) is 11.8. The Morgan fingerprint density at radius 1 is 1.02 bits per heavy atom. The van der Waals surface area contributed by atoms with Crippen molar-refractivity contribution in [1.29, 1.82) is 0 Å². The maximum atomic E-state index is 13.9. The summed E-state index contributed by atoms with van der Waals surface area (Å²) in [4.78, 5) is 39.3. The molecule has 5 heterocycles. The van der Waals surface area contributed by atoms with E-state index < -0.39 is 0 Å². The first-order valence-corrected chi connectivity index (χ1v) is 15.8. The molecule has 2 aromatic heterocycles. The van der Waals surface area contributed by atoms with E-state index in [0.717, 1.165) is 90.7 Å². The number of carbonyl (C=O) groups is 1. The maximum Gasteiger partial charge on any atom is 0.253 e. The predicted molar refractivity (Wildman–Crippen MR) is 171 cm³/mol.